The second kappa shape index (κ2) is 7.34. The summed E-state index contributed by atoms with van der Waals surface area (Å²) in [5.41, 5.74) is 0.348. The van der Waals surface area contributed by atoms with Gasteiger partial charge in [-0.25, -0.2) is 8.42 Å². The Hall–Kier alpha value is -1.89. The molecular formula is C17H23NO5S. The number of carbonyl (C=O) groups excluding carboxylic acids is 1. The zero-order valence-corrected chi connectivity index (χ0v) is 14.8. The highest BCUT2D eigenvalue weighted by Gasteiger charge is 2.30. The molecule has 1 aromatic rings. The highest BCUT2D eigenvalue weighted by Crippen LogP contribution is 2.29. The number of hydrogen-bond acceptors (Lipinski definition) is 4. The second-order valence-corrected chi connectivity index (χ2v) is 8.63. The highest BCUT2D eigenvalue weighted by atomic mass is 32.2. The molecule has 7 heteroatoms. The summed E-state index contributed by atoms with van der Waals surface area (Å²) in [6.45, 7) is 1.62. The highest BCUT2D eigenvalue weighted by molar-refractivity contribution is 7.92. The van der Waals surface area contributed by atoms with Gasteiger partial charge in [0.25, 0.3) is 5.91 Å². The van der Waals surface area contributed by atoms with Crippen LogP contribution in [0.25, 0.3) is 0 Å². The average Bonchev–Trinajstić information content (AvgIpc) is 3.09. The van der Waals surface area contributed by atoms with Gasteiger partial charge in [0.1, 0.15) is 0 Å². The lowest BCUT2D eigenvalue weighted by molar-refractivity contribution is -0.141. The second-order valence-electron chi connectivity index (χ2n) is 6.40. The minimum atomic E-state index is -3.33. The van der Waals surface area contributed by atoms with Gasteiger partial charge >= 0.3 is 5.97 Å². The fraction of sp³-hybridized carbons (Fsp3) is 0.529. The lowest BCUT2D eigenvalue weighted by atomic mass is 10.1. The maximum Gasteiger partial charge on any atom is 0.308 e. The molecule has 1 N–H and O–H groups in total. The molecule has 1 saturated carbocycles. The minimum absolute atomic E-state index is 0.0935. The zero-order valence-electron chi connectivity index (χ0n) is 13.9. The molecule has 1 aliphatic rings. The quantitative estimate of drug-likeness (QED) is 0.846. The first kappa shape index (κ1) is 18.4. The van der Waals surface area contributed by atoms with E-state index in [2.05, 4.69) is 0 Å². The number of hydrogen-bond donors (Lipinski definition) is 1. The summed E-state index contributed by atoms with van der Waals surface area (Å²) < 4.78 is 25.0. The molecule has 1 amide bonds. The Labute approximate surface area is 142 Å². The van der Waals surface area contributed by atoms with E-state index in [9.17, 15) is 18.0 Å². The summed E-state index contributed by atoms with van der Waals surface area (Å²) in [5.74, 6) is -1.96. The van der Waals surface area contributed by atoms with Gasteiger partial charge in [0, 0.05) is 19.2 Å². The van der Waals surface area contributed by atoms with E-state index in [0.717, 1.165) is 12.8 Å². The minimum Gasteiger partial charge on any atom is -0.481 e. The summed E-state index contributed by atoms with van der Waals surface area (Å²) in [5, 5.41) is 8.59. The largest absolute Gasteiger partial charge is 0.481 e. The van der Waals surface area contributed by atoms with Gasteiger partial charge in [-0.3, -0.25) is 9.59 Å². The van der Waals surface area contributed by atoms with Crippen LogP contribution < -0.4 is 0 Å². The molecule has 24 heavy (non-hydrogen) atoms. The van der Waals surface area contributed by atoms with Crippen LogP contribution in [0.1, 0.15) is 43.0 Å². The predicted molar refractivity (Wildman–Crippen MR) is 89.6 cm³/mol. The molecule has 1 aliphatic carbocycles. The number of benzene rings is 1. The molecule has 0 radical (unpaired) electrons. The molecule has 0 bridgehead atoms. The van der Waals surface area contributed by atoms with Crippen LogP contribution in [0.5, 0.6) is 0 Å². The first-order valence-electron chi connectivity index (χ1n) is 8.05. The molecule has 2 rings (SSSR count). The van der Waals surface area contributed by atoms with Crippen molar-refractivity contribution in [3.05, 3.63) is 29.8 Å². The summed E-state index contributed by atoms with van der Waals surface area (Å²) in [4.78, 5) is 24.7. The van der Waals surface area contributed by atoms with Crippen LogP contribution in [0.4, 0.5) is 0 Å². The van der Waals surface area contributed by atoms with E-state index < -0.39 is 21.7 Å². The van der Waals surface area contributed by atoms with Crippen molar-refractivity contribution in [2.75, 3.05) is 13.6 Å². The Morgan fingerprint density at radius 3 is 2.25 bits per heavy atom. The van der Waals surface area contributed by atoms with E-state index >= 15 is 0 Å². The number of aliphatic carboxylic acids is 1. The number of carbonyl (C=O) groups is 2. The number of carboxylic acid groups (broad SMARTS) is 1. The van der Waals surface area contributed by atoms with Crippen molar-refractivity contribution in [2.24, 2.45) is 5.92 Å². The van der Waals surface area contributed by atoms with E-state index in [1.54, 1.807) is 0 Å². The van der Waals surface area contributed by atoms with Crippen LogP contribution in [0.15, 0.2) is 29.2 Å². The van der Waals surface area contributed by atoms with Crippen LogP contribution in [0.3, 0.4) is 0 Å². The lowest BCUT2D eigenvalue weighted by Crippen LogP contribution is -2.33. The molecule has 1 unspecified atom stereocenters. The van der Waals surface area contributed by atoms with Crippen molar-refractivity contribution in [1.82, 2.24) is 4.90 Å². The SMILES string of the molecule is CC(CN(C)C(=O)c1ccc(S(=O)(=O)C2CCCC2)cc1)C(=O)O. The van der Waals surface area contributed by atoms with Crippen molar-refractivity contribution < 1.29 is 23.1 Å². The van der Waals surface area contributed by atoms with Crippen LogP contribution in [0, 0.1) is 5.92 Å². The molecule has 0 aromatic heterocycles. The Morgan fingerprint density at radius 2 is 1.75 bits per heavy atom. The maximum atomic E-state index is 12.5. The van der Waals surface area contributed by atoms with E-state index in [0.29, 0.717) is 18.4 Å². The van der Waals surface area contributed by atoms with Gasteiger partial charge in [-0.05, 0) is 37.1 Å². The third-order valence-electron chi connectivity index (χ3n) is 4.49. The third-order valence-corrected chi connectivity index (χ3v) is 6.77. The predicted octanol–water partition coefficient (Wildman–Crippen LogP) is 2.20. The fourth-order valence-corrected chi connectivity index (χ4v) is 4.82. The normalized spacial score (nSPS) is 16.8. The first-order chi connectivity index (χ1) is 11.2. The number of nitrogens with zero attached hydrogens (tertiary/aromatic N) is 1. The van der Waals surface area contributed by atoms with E-state index in [1.807, 2.05) is 0 Å². The summed E-state index contributed by atoms with van der Waals surface area (Å²) in [6, 6.07) is 5.92. The van der Waals surface area contributed by atoms with Gasteiger partial charge in [0.2, 0.25) is 0 Å². The lowest BCUT2D eigenvalue weighted by Gasteiger charge is -2.19. The van der Waals surface area contributed by atoms with E-state index in [-0.39, 0.29) is 22.6 Å². The molecule has 1 fully saturated rings. The Balaban J connectivity index is 2.11. The monoisotopic (exact) mass is 353 g/mol. The number of sulfone groups is 1. The molecule has 0 spiro atoms. The van der Waals surface area contributed by atoms with E-state index in [4.69, 9.17) is 5.11 Å². The zero-order chi connectivity index (χ0) is 17.9. The van der Waals surface area contributed by atoms with Crippen molar-refractivity contribution in [3.63, 3.8) is 0 Å². The molecule has 0 aliphatic heterocycles. The van der Waals surface area contributed by atoms with Crippen molar-refractivity contribution >= 4 is 21.7 Å². The fourth-order valence-electron chi connectivity index (χ4n) is 2.97. The van der Waals surface area contributed by atoms with Gasteiger partial charge in [-0.1, -0.05) is 19.8 Å². The van der Waals surface area contributed by atoms with Crippen LogP contribution in [-0.4, -0.2) is 49.1 Å². The summed E-state index contributed by atoms with van der Waals surface area (Å²) >= 11 is 0. The van der Waals surface area contributed by atoms with Crippen LogP contribution >= 0.6 is 0 Å². The molecular weight excluding hydrogens is 330 g/mol. The van der Waals surface area contributed by atoms with Crippen molar-refractivity contribution in [2.45, 2.75) is 42.8 Å². The van der Waals surface area contributed by atoms with Gasteiger partial charge in [-0.15, -0.1) is 0 Å². The topological polar surface area (TPSA) is 91.8 Å². The molecule has 0 heterocycles. The third kappa shape index (κ3) is 3.95. The maximum absolute atomic E-state index is 12.5. The van der Waals surface area contributed by atoms with Gasteiger partial charge in [-0.2, -0.15) is 0 Å². The van der Waals surface area contributed by atoms with Crippen molar-refractivity contribution in [1.29, 1.82) is 0 Å². The smallest absolute Gasteiger partial charge is 0.308 e. The van der Waals surface area contributed by atoms with Gasteiger partial charge in [0.15, 0.2) is 9.84 Å². The summed E-state index contributed by atoms with van der Waals surface area (Å²) in [7, 11) is -1.80. The first-order valence-corrected chi connectivity index (χ1v) is 9.60. The van der Waals surface area contributed by atoms with Gasteiger partial charge < -0.3 is 10.0 Å². The molecule has 0 saturated heterocycles. The van der Waals surface area contributed by atoms with Crippen molar-refractivity contribution in [3.8, 4) is 0 Å². The number of amides is 1. The van der Waals surface area contributed by atoms with Crippen LogP contribution in [0.2, 0.25) is 0 Å². The average molecular weight is 353 g/mol. The number of carboxylic acids is 1. The van der Waals surface area contributed by atoms with Crippen LogP contribution in [-0.2, 0) is 14.6 Å². The Kier molecular flexibility index (Phi) is 5.64. The molecule has 132 valence electrons. The van der Waals surface area contributed by atoms with Gasteiger partial charge in [0.05, 0.1) is 16.1 Å². The summed E-state index contributed by atoms with van der Waals surface area (Å²) in [6.07, 6.45) is 3.26. The molecule has 1 aromatic carbocycles. The number of rotatable bonds is 6. The molecule has 1 atom stereocenters. The van der Waals surface area contributed by atoms with E-state index in [1.165, 1.54) is 43.1 Å². The Morgan fingerprint density at radius 1 is 1.21 bits per heavy atom. The standard InChI is InChI=1S/C17H23NO5S/c1-12(17(20)21)11-18(2)16(19)13-7-9-15(10-8-13)24(22,23)14-5-3-4-6-14/h7-10,12,14H,3-6,11H2,1-2H3,(H,20,21). The Bertz CT molecular complexity index is 705. The molecule has 6 nitrogen and oxygen atoms in total.